The maximum atomic E-state index is 13.6. The normalized spacial score (nSPS) is 45.7. The second-order valence-electron chi connectivity index (χ2n) is 12.4. The van der Waals surface area contributed by atoms with Crippen molar-refractivity contribution in [2.45, 2.75) is 98.0 Å². The molecule has 5 unspecified atom stereocenters. The molecule has 0 aromatic heterocycles. The van der Waals surface area contributed by atoms with Crippen LogP contribution in [0, 0.1) is 46.3 Å². The smallest absolute Gasteiger partial charge is 0.139 e. The monoisotopic (exact) mass is 360 g/mol. The molecule has 2 heteroatoms. The molecule has 0 aromatic carbocycles. The highest BCUT2D eigenvalue weighted by atomic mass is 16.3. The van der Waals surface area contributed by atoms with Gasteiger partial charge in [0.1, 0.15) is 5.78 Å². The third-order valence-corrected chi connectivity index (χ3v) is 8.50. The van der Waals surface area contributed by atoms with Crippen molar-refractivity contribution in [1.82, 2.24) is 0 Å². The number of hydrogen-bond donors (Lipinski definition) is 1. The van der Waals surface area contributed by atoms with E-state index in [2.05, 4.69) is 34.6 Å². The number of ketones is 1. The lowest BCUT2D eigenvalue weighted by Gasteiger charge is -2.65. The van der Waals surface area contributed by atoms with Crippen LogP contribution in [0.2, 0.25) is 0 Å². The maximum absolute atomic E-state index is 13.6. The van der Waals surface area contributed by atoms with Gasteiger partial charge < -0.3 is 5.11 Å². The molecule has 0 amide bonds. The molecule has 0 saturated heterocycles. The molecule has 148 valence electrons. The van der Waals surface area contributed by atoms with Gasteiger partial charge in [-0.15, -0.1) is 0 Å². The first kappa shape index (κ1) is 19.0. The Bertz CT molecular complexity index is 555. The summed E-state index contributed by atoms with van der Waals surface area (Å²) in [5.41, 5.74) is 0.108. The van der Waals surface area contributed by atoms with Gasteiger partial charge in [-0.3, -0.25) is 4.79 Å². The number of Topliss-reactive ketones (excluding diaryl/α,β-unsaturated/α-hetero) is 1. The van der Waals surface area contributed by atoms with Crippen LogP contribution in [-0.4, -0.2) is 16.5 Å². The van der Waals surface area contributed by atoms with Gasteiger partial charge in [-0.2, -0.15) is 0 Å². The van der Waals surface area contributed by atoms with Gasteiger partial charge in [0.2, 0.25) is 0 Å². The molecule has 26 heavy (non-hydrogen) atoms. The van der Waals surface area contributed by atoms with Gasteiger partial charge in [-0.1, -0.05) is 34.6 Å². The Morgan fingerprint density at radius 3 is 2.12 bits per heavy atom. The molecule has 5 rings (SSSR count). The Balaban J connectivity index is 1.53. The van der Waals surface area contributed by atoms with E-state index in [9.17, 15) is 9.90 Å². The summed E-state index contributed by atoms with van der Waals surface area (Å²) in [6, 6.07) is 0. The number of carbonyl (C=O) groups excluding carboxylic acids is 1. The Labute approximate surface area is 160 Å². The molecule has 5 saturated carbocycles. The molecular formula is C24H40O2. The van der Waals surface area contributed by atoms with Gasteiger partial charge in [0, 0.05) is 11.8 Å². The maximum Gasteiger partial charge on any atom is 0.139 e. The van der Waals surface area contributed by atoms with Crippen molar-refractivity contribution in [3.8, 4) is 0 Å². The Morgan fingerprint density at radius 1 is 1.08 bits per heavy atom. The highest BCUT2D eigenvalue weighted by Gasteiger charge is 2.62. The van der Waals surface area contributed by atoms with E-state index in [4.69, 9.17) is 0 Å². The minimum absolute atomic E-state index is 0.208. The minimum Gasteiger partial charge on any atom is -0.390 e. The van der Waals surface area contributed by atoms with E-state index in [0.717, 1.165) is 43.9 Å². The molecule has 5 atom stereocenters. The number of aliphatic hydroxyl groups is 1. The van der Waals surface area contributed by atoms with Crippen molar-refractivity contribution >= 4 is 5.78 Å². The van der Waals surface area contributed by atoms with E-state index in [1.165, 1.54) is 25.7 Å². The summed E-state index contributed by atoms with van der Waals surface area (Å²) in [6.45, 7) is 11.3. The van der Waals surface area contributed by atoms with Gasteiger partial charge in [0.05, 0.1) is 5.60 Å². The van der Waals surface area contributed by atoms with Crippen molar-refractivity contribution < 1.29 is 9.90 Å². The number of hydrogen-bond acceptors (Lipinski definition) is 2. The van der Waals surface area contributed by atoms with Gasteiger partial charge in [-0.25, -0.2) is 0 Å². The second kappa shape index (κ2) is 6.06. The van der Waals surface area contributed by atoms with Gasteiger partial charge >= 0.3 is 0 Å². The Kier molecular flexibility index (Phi) is 4.42. The molecule has 4 bridgehead atoms. The average molecular weight is 361 g/mol. The van der Waals surface area contributed by atoms with E-state index >= 15 is 0 Å². The van der Waals surface area contributed by atoms with Gasteiger partial charge in [0.25, 0.3) is 0 Å². The lowest BCUT2D eigenvalue weighted by atomic mass is 9.41. The van der Waals surface area contributed by atoms with Crippen LogP contribution in [0.3, 0.4) is 0 Å². The van der Waals surface area contributed by atoms with Crippen molar-refractivity contribution in [2.24, 2.45) is 46.3 Å². The molecule has 0 aliphatic heterocycles. The van der Waals surface area contributed by atoms with E-state index in [1.54, 1.807) is 0 Å². The Morgan fingerprint density at radius 2 is 1.69 bits per heavy atom. The summed E-state index contributed by atoms with van der Waals surface area (Å²) in [5.74, 6) is 3.51. The van der Waals surface area contributed by atoms with E-state index in [0.29, 0.717) is 23.0 Å². The molecule has 0 spiro atoms. The third-order valence-electron chi connectivity index (χ3n) is 8.50. The lowest BCUT2D eigenvalue weighted by Crippen LogP contribution is -2.61. The molecule has 5 aliphatic rings. The van der Waals surface area contributed by atoms with Crippen LogP contribution in [0.1, 0.15) is 92.4 Å². The number of rotatable bonds is 5. The molecule has 0 aromatic rings. The van der Waals surface area contributed by atoms with Gasteiger partial charge in [-0.05, 0) is 92.3 Å². The minimum atomic E-state index is -0.393. The summed E-state index contributed by atoms with van der Waals surface area (Å²) >= 11 is 0. The van der Waals surface area contributed by atoms with Crippen molar-refractivity contribution in [3.63, 3.8) is 0 Å². The van der Waals surface area contributed by atoms with Crippen molar-refractivity contribution in [2.75, 3.05) is 0 Å². The van der Waals surface area contributed by atoms with Crippen LogP contribution < -0.4 is 0 Å². The molecule has 0 radical (unpaired) electrons. The largest absolute Gasteiger partial charge is 0.390 e. The molecule has 2 nitrogen and oxygen atoms in total. The summed E-state index contributed by atoms with van der Waals surface area (Å²) in [4.78, 5) is 13.6. The van der Waals surface area contributed by atoms with Gasteiger partial charge in [0.15, 0.2) is 0 Å². The van der Waals surface area contributed by atoms with E-state index < -0.39 is 5.60 Å². The fourth-order valence-corrected chi connectivity index (χ4v) is 7.89. The van der Waals surface area contributed by atoms with Crippen LogP contribution in [0.5, 0.6) is 0 Å². The van der Waals surface area contributed by atoms with Crippen LogP contribution >= 0.6 is 0 Å². The van der Waals surface area contributed by atoms with E-state index in [-0.39, 0.29) is 17.3 Å². The highest BCUT2D eigenvalue weighted by molar-refractivity contribution is 5.85. The lowest BCUT2D eigenvalue weighted by molar-refractivity contribution is -0.202. The SMILES string of the molecule is CC(C)C(CC(C)(C)C)C(=O)C1CCC1C12CC3CC(CC(O)(C3)C1)C2. The van der Waals surface area contributed by atoms with Crippen LogP contribution in [0.25, 0.3) is 0 Å². The summed E-state index contributed by atoms with van der Waals surface area (Å²) in [5, 5.41) is 11.1. The van der Waals surface area contributed by atoms with Crippen LogP contribution in [-0.2, 0) is 4.79 Å². The first-order chi connectivity index (χ1) is 12.0. The van der Waals surface area contributed by atoms with Crippen LogP contribution in [0.4, 0.5) is 0 Å². The zero-order chi connectivity index (χ0) is 18.9. The van der Waals surface area contributed by atoms with Crippen molar-refractivity contribution in [3.05, 3.63) is 0 Å². The quantitative estimate of drug-likeness (QED) is 0.691. The zero-order valence-electron chi connectivity index (χ0n) is 17.7. The second-order valence-corrected chi connectivity index (χ2v) is 12.4. The average Bonchev–Trinajstić information content (AvgIpc) is 2.38. The fourth-order valence-electron chi connectivity index (χ4n) is 7.89. The van der Waals surface area contributed by atoms with E-state index in [1.807, 2.05) is 0 Å². The molecule has 1 N–H and O–H groups in total. The topological polar surface area (TPSA) is 37.3 Å². The highest BCUT2D eigenvalue weighted by Crippen LogP contribution is 2.68. The standard InChI is InChI=1S/C24H40O2/c1-15(2)19(13-22(3,4)5)21(25)18-6-7-20(18)23-9-16-8-17(10-23)12-24(26,11-16)14-23/h15-20,26H,6-14H2,1-5H3. The predicted octanol–water partition coefficient (Wildman–Crippen LogP) is 5.62. The molecule has 0 heterocycles. The Hall–Kier alpha value is -0.370. The fraction of sp³-hybridized carbons (Fsp3) is 0.958. The summed E-state index contributed by atoms with van der Waals surface area (Å²) < 4.78 is 0. The molecule has 5 aliphatic carbocycles. The first-order valence-corrected chi connectivity index (χ1v) is 11.3. The van der Waals surface area contributed by atoms with Crippen molar-refractivity contribution in [1.29, 1.82) is 0 Å². The van der Waals surface area contributed by atoms with Crippen LogP contribution in [0.15, 0.2) is 0 Å². The summed E-state index contributed by atoms with van der Waals surface area (Å²) in [7, 11) is 0. The first-order valence-electron chi connectivity index (χ1n) is 11.3. The molecule has 5 fully saturated rings. The third kappa shape index (κ3) is 3.19. The zero-order valence-corrected chi connectivity index (χ0v) is 17.7. The molecular weight excluding hydrogens is 320 g/mol. The summed E-state index contributed by atoms with van der Waals surface area (Å²) in [6.07, 6.45) is 10.3. The number of carbonyl (C=O) groups is 1. The predicted molar refractivity (Wildman–Crippen MR) is 106 cm³/mol.